The molecule has 3 aliphatic rings. The highest BCUT2D eigenvalue weighted by molar-refractivity contribution is 7.22. The fourth-order valence-corrected chi connectivity index (χ4v) is 5.67. The zero-order chi connectivity index (χ0) is 18.3. The van der Waals surface area contributed by atoms with Crippen LogP contribution < -0.4 is 10.2 Å². The molecule has 0 amide bonds. The van der Waals surface area contributed by atoms with Gasteiger partial charge in [-0.1, -0.05) is 23.5 Å². The number of piperidine rings is 1. The lowest BCUT2D eigenvalue weighted by molar-refractivity contribution is -0.150. The molecule has 3 saturated heterocycles. The number of nitrogens with one attached hydrogen (secondary N) is 1. The Morgan fingerprint density at radius 1 is 1.19 bits per heavy atom. The average Bonchev–Trinajstić information content (AvgIpc) is 3.25. The van der Waals surface area contributed by atoms with E-state index in [1.807, 2.05) is 6.07 Å². The molecule has 3 aliphatic heterocycles. The number of hydrogen-bond donors (Lipinski definition) is 1. The average molecular weight is 387 g/mol. The van der Waals surface area contributed by atoms with Crippen LogP contribution in [0.5, 0.6) is 0 Å². The van der Waals surface area contributed by atoms with Gasteiger partial charge < -0.3 is 15.0 Å². The molecule has 1 unspecified atom stereocenters. The lowest BCUT2D eigenvalue weighted by Gasteiger charge is -2.35. The molecule has 1 N–H and O–H groups in total. The van der Waals surface area contributed by atoms with Gasteiger partial charge in [0.1, 0.15) is 6.10 Å². The van der Waals surface area contributed by atoms with E-state index in [2.05, 4.69) is 33.3 Å². The van der Waals surface area contributed by atoms with Gasteiger partial charge in [0.25, 0.3) is 0 Å². The van der Waals surface area contributed by atoms with E-state index in [9.17, 15) is 4.79 Å². The van der Waals surface area contributed by atoms with E-state index in [-0.39, 0.29) is 17.5 Å². The van der Waals surface area contributed by atoms with Crippen molar-refractivity contribution >= 4 is 32.7 Å². The molecule has 27 heavy (non-hydrogen) atoms. The van der Waals surface area contributed by atoms with Crippen LogP contribution >= 0.6 is 11.3 Å². The molecule has 3 fully saturated rings. The Labute approximate surface area is 163 Å². The monoisotopic (exact) mass is 386 g/mol. The first-order chi connectivity index (χ1) is 13.2. The van der Waals surface area contributed by atoms with E-state index in [1.54, 1.807) is 11.3 Å². The fourth-order valence-electron chi connectivity index (χ4n) is 4.66. The van der Waals surface area contributed by atoms with Crippen molar-refractivity contribution in [3.8, 4) is 0 Å². The van der Waals surface area contributed by atoms with Gasteiger partial charge in [-0.05, 0) is 38.1 Å². The van der Waals surface area contributed by atoms with Crippen LogP contribution in [0, 0.1) is 5.41 Å². The number of cyclic esters (lactones) is 1. The summed E-state index contributed by atoms with van der Waals surface area (Å²) in [6, 6.07) is 8.33. The number of esters is 1. The van der Waals surface area contributed by atoms with Gasteiger partial charge in [0, 0.05) is 39.1 Å². The number of aromatic nitrogens is 1. The van der Waals surface area contributed by atoms with E-state index in [0.717, 1.165) is 75.7 Å². The third kappa shape index (κ3) is 3.32. The van der Waals surface area contributed by atoms with Crippen molar-refractivity contribution in [2.75, 3.05) is 50.7 Å². The highest BCUT2D eigenvalue weighted by atomic mass is 32.1. The van der Waals surface area contributed by atoms with Crippen molar-refractivity contribution < 1.29 is 9.53 Å². The minimum atomic E-state index is -0.210. The number of ether oxygens (including phenoxy) is 1. The Hall–Kier alpha value is -1.70. The molecule has 2 aromatic rings. The summed E-state index contributed by atoms with van der Waals surface area (Å²) in [6.07, 6.45) is 2.80. The summed E-state index contributed by atoms with van der Waals surface area (Å²) < 4.78 is 7.03. The van der Waals surface area contributed by atoms with Crippen molar-refractivity contribution in [3.05, 3.63) is 24.3 Å². The highest BCUT2D eigenvalue weighted by Gasteiger charge is 2.49. The first kappa shape index (κ1) is 17.4. The highest BCUT2D eigenvalue weighted by Crippen LogP contribution is 2.41. The molecule has 0 aliphatic carbocycles. The van der Waals surface area contributed by atoms with Crippen LogP contribution in [0.3, 0.4) is 0 Å². The van der Waals surface area contributed by atoms with Gasteiger partial charge in [0.15, 0.2) is 5.13 Å². The number of rotatable bonds is 3. The third-order valence-electron chi connectivity index (χ3n) is 6.27. The molecular weight excluding hydrogens is 360 g/mol. The Morgan fingerprint density at radius 2 is 1.96 bits per heavy atom. The smallest absolute Gasteiger partial charge is 0.312 e. The minimum Gasteiger partial charge on any atom is -0.461 e. The van der Waals surface area contributed by atoms with Crippen LogP contribution in [-0.2, 0) is 9.53 Å². The Morgan fingerprint density at radius 3 is 2.74 bits per heavy atom. The molecule has 1 spiro atoms. The normalized spacial score (nSPS) is 26.0. The van der Waals surface area contributed by atoms with Crippen LogP contribution in [-0.4, -0.2) is 67.8 Å². The second-order valence-electron chi connectivity index (χ2n) is 8.01. The van der Waals surface area contributed by atoms with E-state index in [0.29, 0.717) is 0 Å². The predicted octanol–water partition coefficient (Wildman–Crippen LogP) is 2.10. The molecule has 144 valence electrons. The maximum absolute atomic E-state index is 12.4. The number of benzene rings is 1. The minimum absolute atomic E-state index is 0.0436. The van der Waals surface area contributed by atoms with Gasteiger partial charge >= 0.3 is 5.97 Å². The number of anilines is 1. The van der Waals surface area contributed by atoms with E-state index in [4.69, 9.17) is 9.72 Å². The number of nitrogens with zero attached hydrogens (tertiary/aromatic N) is 3. The Kier molecular flexibility index (Phi) is 4.53. The summed E-state index contributed by atoms with van der Waals surface area (Å²) >= 11 is 1.77. The molecule has 4 heterocycles. The molecule has 6 nitrogen and oxygen atoms in total. The molecule has 0 radical (unpaired) electrons. The number of fused-ring (bicyclic) bond motifs is 1. The van der Waals surface area contributed by atoms with Crippen LogP contribution in [0.2, 0.25) is 0 Å². The fraction of sp³-hybridized carbons (Fsp3) is 0.600. The van der Waals surface area contributed by atoms with Crippen LogP contribution in [0.4, 0.5) is 5.13 Å². The first-order valence-electron chi connectivity index (χ1n) is 9.97. The molecule has 0 saturated carbocycles. The molecule has 1 atom stereocenters. The lowest BCUT2D eigenvalue weighted by Crippen LogP contribution is -2.48. The molecule has 1 aromatic heterocycles. The summed E-state index contributed by atoms with van der Waals surface area (Å²) in [6.45, 7) is 6.70. The first-order valence-corrected chi connectivity index (χ1v) is 10.8. The maximum Gasteiger partial charge on any atom is 0.312 e. The number of carbonyl (C=O) groups excluding carboxylic acids is 1. The largest absolute Gasteiger partial charge is 0.461 e. The quantitative estimate of drug-likeness (QED) is 0.816. The van der Waals surface area contributed by atoms with Gasteiger partial charge in [-0.15, -0.1) is 0 Å². The van der Waals surface area contributed by atoms with Gasteiger partial charge in [-0.3, -0.25) is 9.69 Å². The summed E-state index contributed by atoms with van der Waals surface area (Å²) in [5.41, 5.74) is 0.878. The lowest BCUT2D eigenvalue weighted by atomic mass is 9.76. The zero-order valence-electron chi connectivity index (χ0n) is 15.5. The standard InChI is InChI=1S/C20H26N4O2S/c25-18-20(5-7-21-8-6-20)13-15(26-18)14-23-9-11-24(12-10-23)19-22-16-3-1-2-4-17(16)27-19/h1-4,15,21H,5-14H2. The maximum atomic E-state index is 12.4. The predicted molar refractivity (Wildman–Crippen MR) is 107 cm³/mol. The topological polar surface area (TPSA) is 57.7 Å². The van der Waals surface area contributed by atoms with Gasteiger partial charge in [0.2, 0.25) is 0 Å². The van der Waals surface area contributed by atoms with Gasteiger partial charge in [-0.25, -0.2) is 4.98 Å². The van der Waals surface area contributed by atoms with Crippen molar-refractivity contribution in [2.24, 2.45) is 5.41 Å². The zero-order valence-corrected chi connectivity index (χ0v) is 16.3. The second kappa shape index (κ2) is 7.04. The summed E-state index contributed by atoms with van der Waals surface area (Å²) in [7, 11) is 0. The van der Waals surface area contributed by atoms with E-state index < -0.39 is 0 Å². The summed E-state index contributed by atoms with van der Waals surface area (Å²) in [5.74, 6) is 0.0436. The summed E-state index contributed by atoms with van der Waals surface area (Å²) in [4.78, 5) is 22.1. The molecule has 1 aromatic carbocycles. The molecule has 7 heteroatoms. The van der Waals surface area contributed by atoms with Gasteiger partial charge in [0.05, 0.1) is 15.6 Å². The summed E-state index contributed by atoms with van der Waals surface area (Å²) in [5, 5.41) is 4.48. The van der Waals surface area contributed by atoms with Gasteiger partial charge in [-0.2, -0.15) is 0 Å². The number of carbonyl (C=O) groups is 1. The number of hydrogen-bond acceptors (Lipinski definition) is 7. The molecular formula is C20H26N4O2S. The molecule has 5 rings (SSSR count). The number of para-hydroxylation sites is 1. The van der Waals surface area contributed by atoms with Crippen LogP contribution in [0.15, 0.2) is 24.3 Å². The van der Waals surface area contributed by atoms with Crippen molar-refractivity contribution in [1.82, 2.24) is 15.2 Å². The van der Waals surface area contributed by atoms with Crippen molar-refractivity contribution in [3.63, 3.8) is 0 Å². The SMILES string of the molecule is O=C1OC(CN2CCN(c3nc4ccccc4s3)CC2)CC12CCNCC2. The van der Waals surface area contributed by atoms with Crippen molar-refractivity contribution in [1.29, 1.82) is 0 Å². The van der Waals surface area contributed by atoms with Crippen molar-refractivity contribution in [2.45, 2.75) is 25.4 Å². The Bertz CT molecular complexity index is 791. The molecule has 0 bridgehead atoms. The number of piperazine rings is 1. The third-order valence-corrected chi connectivity index (χ3v) is 7.37. The van der Waals surface area contributed by atoms with E-state index in [1.165, 1.54) is 4.70 Å². The number of thiazole rings is 1. The van der Waals surface area contributed by atoms with E-state index >= 15 is 0 Å². The second-order valence-corrected chi connectivity index (χ2v) is 9.02. The van der Waals surface area contributed by atoms with Crippen LogP contribution in [0.1, 0.15) is 19.3 Å². The Balaban J connectivity index is 1.17. The van der Waals surface area contributed by atoms with Crippen LogP contribution in [0.25, 0.3) is 10.2 Å².